The number of nitrogens with one attached hydrogen (secondary N) is 1. The minimum absolute atomic E-state index is 0.241. The van der Waals surface area contributed by atoms with Crippen molar-refractivity contribution in [3.63, 3.8) is 0 Å². The summed E-state index contributed by atoms with van der Waals surface area (Å²) in [5.74, 6) is -0.443. The smallest absolute Gasteiger partial charge is 0.407 e. The van der Waals surface area contributed by atoms with Crippen molar-refractivity contribution in [3.05, 3.63) is 71.4 Å². The van der Waals surface area contributed by atoms with Crippen LogP contribution in [0.3, 0.4) is 0 Å². The summed E-state index contributed by atoms with van der Waals surface area (Å²) in [5, 5.41) is 3.79. The molecule has 0 saturated carbocycles. The van der Waals surface area contributed by atoms with Gasteiger partial charge in [0.25, 0.3) is 0 Å². The third-order valence-electron chi connectivity index (χ3n) is 4.88. The van der Waals surface area contributed by atoms with E-state index in [0.29, 0.717) is 18.5 Å². The zero-order valence-corrected chi connectivity index (χ0v) is 16.7. The molecule has 2 amide bonds. The fourth-order valence-electron chi connectivity index (χ4n) is 3.31. The summed E-state index contributed by atoms with van der Waals surface area (Å²) in [6, 6.07) is 15.1. The number of aromatic nitrogens is 1. The Balaban J connectivity index is 1.64. The van der Waals surface area contributed by atoms with Gasteiger partial charge in [0.05, 0.1) is 0 Å². The molecule has 6 heteroatoms. The van der Waals surface area contributed by atoms with Gasteiger partial charge in [0, 0.05) is 35.8 Å². The van der Waals surface area contributed by atoms with Crippen molar-refractivity contribution in [2.24, 2.45) is 5.73 Å². The molecule has 2 aromatic carbocycles. The van der Waals surface area contributed by atoms with Crippen LogP contribution in [0.25, 0.3) is 10.9 Å². The average molecular weight is 393 g/mol. The first kappa shape index (κ1) is 20.5. The molecule has 3 N–H and O–H groups in total. The van der Waals surface area contributed by atoms with E-state index in [0.717, 1.165) is 41.4 Å². The average Bonchev–Trinajstić information content (AvgIpc) is 3.08. The lowest BCUT2D eigenvalue weighted by atomic mass is 10.1. The van der Waals surface area contributed by atoms with E-state index in [9.17, 15) is 9.59 Å². The minimum Gasteiger partial charge on any atom is -0.445 e. The number of nitrogens with zero attached hydrogens (tertiary/aromatic N) is 1. The Morgan fingerprint density at radius 2 is 1.93 bits per heavy atom. The van der Waals surface area contributed by atoms with Gasteiger partial charge in [-0.15, -0.1) is 0 Å². The summed E-state index contributed by atoms with van der Waals surface area (Å²) in [6.07, 6.45) is 4.47. The fraction of sp³-hybridized carbons (Fsp3) is 0.304. The van der Waals surface area contributed by atoms with E-state index >= 15 is 0 Å². The van der Waals surface area contributed by atoms with E-state index < -0.39 is 12.0 Å². The molecule has 0 unspecified atom stereocenters. The van der Waals surface area contributed by atoms with E-state index in [1.165, 1.54) is 0 Å². The second-order valence-electron chi connectivity index (χ2n) is 7.04. The number of ether oxygens (including phenoxy) is 1. The van der Waals surface area contributed by atoms with Crippen LogP contribution >= 0.6 is 0 Å². The molecular formula is C23H27N3O3. The van der Waals surface area contributed by atoms with E-state index in [-0.39, 0.29) is 6.61 Å². The molecule has 0 radical (unpaired) electrons. The van der Waals surface area contributed by atoms with E-state index in [1.807, 2.05) is 42.5 Å². The summed E-state index contributed by atoms with van der Waals surface area (Å²) in [5.41, 5.74) is 9.02. The highest BCUT2D eigenvalue weighted by molar-refractivity contribution is 5.98. The van der Waals surface area contributed by atoms with Crippen LogP contribution in [0.5, 0.6) is 0 Å². The predicted octanol–water partition coefficient (Wildman–Crippen LogP) is 4.01. The van der Waals surface area contributed by atoms with Gasteiger partial charge in [-0.3, -0.25) is 4.79 Å². The number of amides is 2. The molecular weight excluding hydrogens is 366 g/mol. The first-order valence-corrected chi connectivity index (χ1v) is 9.94. The largest absolute Gasteiger partial charge is 0.445 e. The fourth-order valence-corrected chi connectivity index (χ4v) is 3.31. The number of carbonyl (C=O) groups excluding carboxylic acids is 2. The van der Waals surface area contributed by atoms with Gasteiger partial charge >= 0.3 is 6.09 Å². The summed E-state index contributed by atoms with van der Waals surface area (Å²) in [6.45, 7) is 3.75. The van der Waals surface area contributed by atoms with Crippen molar-refractivity contribution in [1.82, 2.24) is 9.88 Å². The number of hydrogen-bond acceptors (Lipinski definition) is 3. The van der Waals surface area contributed by atoms with Crippen molar-refractivity contribution < 1.29 is 14.3 Å². The van der Waals surface area contributed by atoms with Crippen LogP contribution in [0.1, 0.15) is 41.3 Å². The Labute approximate surface area is 170 Å². The number of nitrogens with two attached hydrogens (primary N) is 1. The molecule has 1 aromatic heterocycles. The third kappa shape index (κ3) is 5.38. The zero-order chi connectivity index (χ0) is 20.6. The van der Waals surface area contributed by atoms with Crippen LogP contribution in [0.15, 0.2) is 54.7 Å². The van der Waals surface area contributed by atoms with Crippen LogP contribution in [0.2, 0.25) is 0 Å². The van der Waals surface area contributed by atoms with Gasteiger partial charge in [-0.25, -0.2) is 4.79 Å². The maximum atomic E-state index is 12.0. The van der Waals surface area contributed by atoms with Crippen molar-refractivity contribution in [2.45, 2.75) is 39.3 Å². The molecule has 29 heavy (non-hydrogen) atoms. The Morgan fingerprint density at radius 3 is 2.66 bits per heavy atom. The monoisotopic (exact) mass is 393 g/mol. The molecule has 1 heterocycles. The lowest BCUT2D eigenvalue weighted by Crippen LogP contribution is -2.26. The number of primary amides is 1. The zero-order valence-electron chi connectivity index (χ0n) is 16.7. The molecule has 0 saturated heterocycles. The van der Waals surface area contributed by atoms with Gasteiger partial charge in [0.15, 0.2) is 0 Å². The number of alkyl carbamates (subject to hydrolysis) is 1. The molecule has 3 rings (SSSR count). The SMILES string of the molecule is CCCCn1cc(CCNC(=O)OCc2ccccc2)c2cc(C(N)=O)ccc21. The van der Waals surface area contributed by atoms with Gasteiger partial charge in [-0.2, -0.15) is 0 Å². The summed E-state index contributed by atoms with van der Waals surface area (Å²) in [4.78, 5) is 23.5. The molecule has 0 aliphatic carbocycles. The van der Waals surface area contributed by atoms with Crippen molar-refractivity contribution in [3.8, 4) is 0 Å². The minimum atomic E-state index is -0.443. The Morgan fingerprint density at radius 1 is 1.14 bits per heavy atom. The predicted molar refractivity (Wildman–Crippen MR) is 114 cm³/mol. The van der Waals surface area contributed by atoms with Crippen molar-refractivity contribution >= 4 is 22.9 Å². The number of carbonyl (C=O) groups is 2. The first-order chi connectivity index (χ1) is 14.1. The van der Waals surface area contributed by atoms with Gasteiger partial charge in [0.1, 0.15) is 6.61 Å². The van der Waals surface area contributed by atoms with E-state index in [2.05, 4.69) is 23.0 Å². The molecule has 0 aliphatic heterocycles. The standard InChI is InChI=1S/C23H27N3O3/c1-2-3-13-26-15-19(20-14-18(22(24)27)9-10-21(20)26)11-12-25-23(28)29-16-17-7-5-4-6-8-17/h4-10,14-15H,2-3,11-13,16H2,1H3,(H2,24,27)(H,25,28). The third-order valence-corrected chi connectivity index (χ3v) is 4.88. The van der Waals surface area contributed by atoms with Crippen LogP contribution < -0.4 is 11.1 Å². The Bertz CT molecular complexity index is 980. The van der Waals surface area contributed by atoms with Crippen LogP contribution in [-0.4, -0.2) is 23.1 Å². The summed E-state index contributed by atoms with van der Waals surface area (Å²) in [7, 11) is 0. The summed E-state index contributed by atoms with van der Waals surface area (Å²) < 4.78 is 7.45. The van der Waals surface area contributed by atoms with E-state index in [1.54, 1.807) is 6.07 Å². The number of benzene rings is 2. The van der Waals surface area contributed by atoms with Crippen LogP contribution in [0, 0.1) is 0 Å². The Kier molecular flexibility index (Phi) is 6.89. The lowest BCUT2D eigenvalue weighted by Gasteiger charge is -2.07. The number of rotatable bonds is 9. The van der Waals surface area contributed by atoms with E-state index in [4.69, 9.17) is 10.5 Å². The molecule has 0 bridgehead atoms. The Hall–Kier alpha value is -3.28. The number of unbranched alkanes of at least 4 members (excludes halogenated alkanes) is 1. The molecule has 0 atom stereocenters. The van der Waals surface area contributed by atoms with Crippen LogP contribution in [-0.2, 0) is 24.3 Å². The number of fused-ring (bicyclic) bond motifs is 1. The normalized spacial score (nSPS) is 10.8. The highest BCUT2D eigenvalue weighted by atomic mass is 16.5. The van der Waals surface area contributed by atoms with Crippen molar-refractivity contribution in [1.29, 1.82) is 0 Å². The second kappa shape index (κ2) is 9.78. The van der Waals surface area contributed by atoms with Gasteiger partial charge < -0.3 is 20.4 Å². The molecule has 0 spiro atoms. The highest BCUT2D eigenvalue weighted by Crippen LogP contribution is 2.24. The second-order valence-corrected chi connectivity index (χ2v) is 7.04. The van der Waals surface area contributed by atoms with Crippen molar-refractivity contribution in [2.75, 3.05) is 6.54 Å². The maximum Gasteiger partial charge on any atom is 0.407 e. The quantitative estimate of drug-likeness (QED) is 0.576. The molecule has 6 nitrogen and oxygen atoms in total. The number of aryl methyl sites for hydroxylation is 1. The maximum absolute atomic E-state index is 12.0. The van der Waals surface area contributed by atoms with Crippen LogP contribution in [0.4, 0.5) is 4.79 Å². The molecule has 0 fully saturated rings. The molecule has 3 aromatic rings. The molecule has 152 valence electrons. The lowest BCUT2D eigenvalue weighted by molar-refractivity contribution is 0.100. The van der Waals surface area contributed by atoms with Gasteiger partial charge in [-0.1, -0.05) is 43.7 Å². The molecule has 0 aliphatic rings. The summed E-state index contributed by atoms with van der Waals surface area (Å²) >= 11 is 0. The number of hydrogen-bond donors (Lipinski definition) is 2. The first-order valence-electron chi connectivity index (χ1n) is 9.94. The van der Waals surface area contributed by atoms with Gasteiger partial charge in [0.2, 0.25) is 5.91 Å². The highest BCUT2D eigenvalue weighted by Gasteiger charge is 2.12. The topological polar surface area (TPSA) is 86.3 Å². The van der Waals surface area contributed by atoms with Gasteiger partial charge in [-0.05, 0) is 42.2 Å².